The van der Waals surface area contributed by atoms with Crippen molar-refractivity contribution in [2.24, 2.45) is 5.92 Å². The van der Waals surface area contributed by atoms with Crippen molar-refractivity contribution in [3.8, 4) is 5.75 Å². The summed E-state index contributed by atoms with van der Waals surface area (Å²) in [6.45, 7) is 6.72. The van der Waals surface area contributed by atoms with Gasteiger partial charge in [0.25, 0.3) is 5.91 Å². The number of aromatic nitrogens is 1. The molecule has 26 heavy (non-hydrogen) atoms. The average molecular weight is 376 g/mol. The SMILES string of the molecule is COc1ccccc1C(CNC(=O)c1sc(CC(C)C)nc1C)N(C)C. The average Bonchev–Trinajstić information content (AvgIpc) is 2.94. The van der Waals surface area contributed by atoms with Gasteiger partial charge in [-0.15, -0.1) is 11.3 Å². The van der Waals surface area contributed by atoms with E-state index >= 15 is 0 Å². The highest BCUT2D eigenvalue weighted by Gasteiger charge is 2.21. The van der Waals surface area contributed by atoms with Crippen molar-refractivity contribution in [1.82, 2.24) is 15.2 Å². The molecular weight excluding hydrogens is 346 g/mol. The Morgan fingerprint density at radius 3 is 2.62 bits per heavy atom. The molecule has 0 aliphatic carbocycles. The number of ether oxygens (including phenoxy) is 1. The second kappa shape index (κ2) is 9.14. The Labute approximate surface area is 160 Å². The predicted octanol–water partition coefficient (Wildman–Crippen LogP) is 3.69. The summed E-state index contributed by atoms with van der Waals surface area (Å²) < 4.78 is 5.48. The number of benzene rings is 1. The van der Waals surface area contributed by atoms with Crippen molar-refractivity contribution >= 4 is 17.2 Å². The molecule has 0 saturated heterocycles. The van der Waals surface area contributed by atoms with Gasteiger partial charge in [0, 0.05) is 18.5 Å². The molecule has 0 bridgehead atoms. The number of nitrogens with zero attached hydrogens (tertiary/aromatic N) is 2. The van der Waals surface area contributed by atoms with E-state index < -0.39 is 0 Å². The molecule has 2 rings (SSSR count). The van der Waals surface area contributed by atoms with Crippen LogP contribution in [0.25, 0.3) is 0 Å². The molecule has 1 amide bonds. The van der Waals surface area contributed by atoms with E-state index in [4.69, 9.17) is 4.74 Å². The number of hydrogen-bond donors (Lipinski definition) is 1. The van der Waals surface area contributed by atoms with E-state index in [1.54, 1.807) is 7.11 Å². The third kappa shape index (κ3) is 5.05. The van der Waals surface area contributed by atoms with E-state index in [1.165, 1.54) is 11.3 Å². The normalized spacial score (nSPS) is 12.5. The predicted molar refractivity (Wildman–Crippen MR) is 107 cm³/mol. The third-order valence-electron chi connectivity index (χ3n) is 4.21. The van der Waals surface area contributed by atoms with Gasteiger partial charge in [-0.3, -0.25) is 4.79 Å². The Kier molecular flexibility index (Phi) is 7.17. The summed E-state index contributed by atoms with van der Waals surface area (Å²) >= 11 is 1.50. The molecule has 0 aliphatic heterocycles. The molecule has 0 aliphatic rings. The molecule has 142 valence electrons. The van der Waals surface area contributed by atoms with Gasteiger partial charge in [-0.05, 0) is 33.0 Å². The second-order valence-electron chi connectivity index (χ2n) is 7.05. The fourth-order valence-corrected chi connectivity index (χ4v) is 4.07. The maximum absolute atomic E-state index is 12.7. The Hall–Kier alpha value is -1.92. The molecule has 1 atom stereocenters. The lowest BCUT2D eigenvalue weighted by Gasteiger charge is -2.26. The van der Waals surface area contributed by atoms with Gasteiger partial charge < -0.3 is 15.0 Å². The summed E-state index contributed by atoms with van der Waals surface area (Å²) in [5, 5.41) is 4.10. The van der Waals surface area contributed by atoms with Crippen molar-refractivity contribution in [2.45, 2.75) is 33.2 Å². The van der Waals surface area contributed by atoms with Crippen LogP contribution < -0.4 is 10.1 Å². The molecule has 1 aromatic heterocycles. The molecular formula is C20H29N3O2S. The van der Waals surface area contributed by atoms with Crippen molar-refractivity contribution in [3.05, 3.63) is 45.4 Å². The van der Waals surface area contributed by atoms with Crippen LogP contribution in [-0.4, -0.2) is 43.5 Å². The highest BCUT2D eigenvalue weighted by Crippen LogP contribution is 2.28. The smallest absolute Gasteiger partial charge is 0.263 e. The minimum absolute atomic E-state index is 0.0264. The summed E-state index contributed by atoms with van der Waals surface area (Å²) in [6.07, 6.45) is 0.903. The minimum Gasteiger partial charge on any atom is -0.496 e. The summed E-state index contributed by atoms with van der Waals surface area (Å²) in [5.74, 6) is 1.30. The quantitative estimate of drug-likeness (QED) is 0.764. The van der Waals surface area contributed by atoms with Gasteiger partial charge in [0.2, 0.25) is 0 Å². The van der Waals surface area contributed by atoms with E-state index in [9.17, 15) is 4.79 Å². The first-order valence-corrected chi connectivity index (χ1v) is 9.69. The summed E-state index contributed by atoms with van der Waals surface area (Å²) in [6, 6.07) is 7.94. The van der Waals surface area contributed by atoms with Gasteiger partial charge in [-0.25, -0.2) is 4.98 Å². The fourth-order valence-electron chi connectivity index (χ4n) is 2.88. The number of likely N-dealkylation sites (N-methyl/N-ethyl adjacent to an activating group) is 1. The molecule has 0 radical (unpaired) electrons. The molecule has 0 saturated carbocycles. The molecule has 0 spiro atoms. The van der Waals surface area contributed by atoms with Crippen LogP contribution in [-0.2, 0) is 6.42 Å². The molecule has 6 heteroatoms. The third-order valence-corrected chi connectivity index (χ3v) is 5.39. The number of aryl methyl sites for hydroxylation is 1. The maximum atomic E-state index is 12.7. The number of para-hydroxylation sites is 1. The molecule has 2 aromatic rings. The molecule has 5 nitrogen and oxygen atoms in total. The van der Waals surface area contributed by atoms with Gasteiger partial charge in [0.15, 0.2) is 0 Å². The minimum atomic E-state index is -0.0586. The van der Waals surface area contributed by atoms with Gasteiger partial charge in [-0.2, -0.15) is 0 Å². The van der Waals surface area contributed by atoms with E-state index in [1.807, 2.05) is 45.3 Å². The summed E-state index contributed by atoms with van der Waals surface area (Å²) in [7, 11) is 5.67. The fraction of sp³-hybridized carbons (Fsp3) is 0.500. The van der Waals surface area contributed by atoms with E-state index in [2.05, 4.69) is 29.0 Å². The molecule has 1 heterocycles. The monoisotopic (exact) mass is 375 g/mol. The van der Waals surface area contributed by atoms with Crippen LogP contribution in [0.15, 0.2) is 24.3 Å². The second-order valence-corrected chi connectivity index (χ2v) is 8.14. The Balaban J connectivity index is 2.12. The first-order chi connectivity index (χ1) is 12.3. The Morgan fingerprint density at radius 2 is 2.00 bits per heavy atom. The number of carbonyl (C=O) groups excluding carboxylic acids is 1. The van der Waals surface area contributed by atoms with Gasteiger partial charge in [-0.1, -0.05) is 32.0 Å². The highest BCUT2D eigenvalue weighted by molar-refractivity contribution is 7.13. The number of thiazole rings is 1. The Morgan fingerprint density at radius 1 is 1.31 bits per heavy atom. The number of nitrogens with one attached hydrogen (secondary N) is 1. The van der Waals surface area contributed by atoms with Crippen LogP contribution >= 0.6 is 11.3 Å². The Bertz CT molecular complexity index is 740. The largest absolute Gasteiger partial charge is 0.496 e. The van der Waals surface area contributed by atoms with E-state index in [-0.39, 0.29) is 11.9 Å². The van der Waals surface area contributed by atoms with E-state index in [0.29, 0.717) is 17.3 Å². The standard InChI is InChI=1S/C20H29N3O2S/c1-13(2)11-18-22-14(3)19(26-18)20(24)21-12-16(23(4)5)15-9-7-8-10-17(15)25-6/h7-10,13,16H,11-12H2,1-6H3,(H,21,24). The van der Waals surface area contributed by atoms with E-state index in [0.717, 1.165) is 28.4 Å². The number of methoxy groups -OCH3 is 1. The summed E-state index contributed by atoms with van der Waals surface area (Å²) in [4.78, 5) is 20.0. The number of hydrogen-bond acceptors (Lipinski definition) is 5. The van der Waals surface area contributed by atoms with Crippen LogP contribution in [0.5, 0.6) is 5.75 Å². The number of amides is 1. The van der Waals surface area contributed by atoms with Crippen LogP contribution in [0.1, 0.15) is 45.8 Å². The summed E-state index contributed by atoms with van der Waals surface area (Å²) in [5.41, 5.74) is 1.86. The molecule has 0 fully saturated rings. The van der Waals surface area contributed by atoms with Crippen molar-refractivity contribution < 1.29 is 9.53 Å². The van der Waals surface area contributed by atoms with Crippen molar-refractivity contribution in [2.75, 3.05) is 27.7 Å². The molecule has 1 aromatic carbocycles. The lowest BCUT2D eigenvalue weighted by molar-refractivity contribution is 0.0944. The van der Waals surface area contributed by atoms with Crippen molar-refractivity contribution in [3.63, 3.8) is 0 Å². The number of rotatable bonds is 8. The van der Waals surface area contributed by atoms with Crippen LogP contribution in [0.2, 0.25) is 0 Å². The van der Waals surface area contributed by atoms with Gasteiger partial charge >= 0.3 is 0 Å². The topological polar surface area (TPSA) is 54.5 Å². The zero-order valence-electron chi connectivity index (χ0n) is 16.5. The lowest BCUT2D eigenvalue weighted by Crippen LogP contribution is -2.34. The highest BCUT2D eigenvalue weighted by atomic mass is 32.1. The van der Waals surface area contributed by atoms with Crippen LogP contribution in [0.4, 0.5) is 0 Å². The zero-order valence-corrected chi connectivity index (χ0v) is 17.3. The van der Waals surface area contributed by atoms with Gasteiger partial charge in [0.1, 0.15) is 10.6 Å². The molecule has 1 N–H and O–H groups in total. The van der Waals surface area contributed by atoms with Gasteiger partial charge in [0.05, 0.1) is 23.9 Å². The molecule has 1 unspecified atom stereocenters. The van der Waals surface area contributed by atoms with Crippen molar-refractivity contribution in [1.29, 1.82) is 0 Å². The first-order valence-electron chi connectivity index (χ1n) is 8.87. The maximum Gasteiger partial charge on any atom is 0.263 e. The number of carbonyl (C=O) groups is 1. The van der Waals surface area contributed by atoms with Crippen LogP contribution in [0, 0.1) is 12.8 Å². The first kappa shape index (κ1) is 20.4. The van der Waals surface area contributed by atoms with Crippen LogP contribution in [0.3, 0.4) is 0 Å². The lowest BCUT2D eigenvalue weighted by atomic mass is 10.0. The zero-order chi connectivity index (χ0) is 19.3.